The lowest BCUT2D eigenvalue weighted by Gasteiger charge is -2.55. The van der Waals surface area contributed by atoms with E-state index in [4.69, 9.17) is 4.74 Å². The molecule has 0 saturated carbocycles. The zero-order valence-electron chi connectivity index (χ0n) is 20.7. The standard InChI is InChI=1S/C28H32N4O4/c1-36-22-5-2-19(3-6-22)15-30-12-10-28(11-13-30)17-31(18-28)21-4-7-23-20(14-21)16-32(27(23)35)24-8-9-25(33)29-26(24)34/h2-7,14,24H,8-13,15-18H2,1H3,(H,29,33,34). The Labute approximate surface area is 211 Å². The normalized spacial score (nSPS) is 23.5. The summed E-state index contributed by atoms with van der Waals surface area (Å²) in [6, 6.07) is 13.8. The number of nitrogens with one attached hydrogen (secondary N) is 1. The van der Waals surface area contributed by atoms with Crippen molar-refractivity contribution in [2.45, 2.75) is 44.8 Å². The van der Waals surface area contributed by atoms with Gasteiger partial charge in [0.2, 0.25) is 11.8 Å². The Hall–Kier alpha value is -3.39. The number of imide groups is 1. The Balaban J connectivity index is 1.04. The van der Waals surface area contributed by atoms with Crippen molar-refractivity contribution in [2.24, 2.45) is 5.41 Å². The second kappa shape index (κ2) is 8.92. The molecule has 6 rings (SSSR count). The van der Waals surface area contributed by atoms with Crippen LogP contribution in [0.3, 0.4) is 0 Å². The van der Waals surface area contributed by atoms with Gasteiger partial charge in [-0.05, 0) is 73.8 Å². The highest BCUT2D eigenvalue weighted by atomic mass is 16.5. The van der Waals surface area contributed by atoms with Crippen LogP contribution in [-0.2, 0) is 22.7 Å². The van der Waals surface area contributed by atoms with Gasteiger partial charge in [0.25, 0.3) is 5.91 Å². The Morgan fingerprint density at radius 2 is 1.78 bits per heavy atom. The van der Waals surface area contributed by atoms with Crippen LogP contribution in [0.15, 0.2) is 42.5 Å². The molecule has 2 aromatic rings. The Morgan fingerprint density at radius 3 is 2.47 bits per heavy atom. The number of rotatable bonds is 5. The van der Waals surface area contributed by atoms with E-state index in [9.17, 15) is 14.4 Å². The van der Waals surface area contributed by atoms with Crippen LogP contribution in [0, 0.1) is 5.41 Å². The van der Waals surface area contributed by atoms with Crippen molar-refractivity contribution in [3.8, 4) is 5.75 Å². The summed E-state index contributed by atoms with van der Waals surface area (Å²) in [6.07, 6.45) is 3.06. The topological polar surface area (TPSA) is 82.2 Å². The number of nitrogens with zero attached hydrogens (tertiary/aromatic N) is 3. The Bertz CT molecular complexity index is 1190. The third-order valence-corrected chi connectivity index (χ3v) is 8.41. The van der Waals surface area contributed by atoms with Gasteiger partial charge in [-0.15, -0.1) is 0 Å². The summed E-state index contributed by atoms with van der Waals surface area (Å²) in [4.78, 5) is 43.3. The van der Waals surface area contributed by atoms with E-state index in [1.165, 1.54) is 18.4 Å². The third-order valence-electron chi connectivity index (χ3n) is 8.41. The van der Waals surface area contributed by atoms with Crippen molar-refractivity contribution < 1.29 is 19.1 Å². The molecule has 1 spiro atoms. The fourth-order valence-electron chi connectivity index (χ4n) is 6.19. The number of benzene rings is 2. The Kier molecular flexibility index (Phi) is 5.71. The van der Waals surface area contributed by atoms with Gasteiger partial charge in [-0.3, -0.25) is 24.6 Å². The molecule has 1 unspecified atom stereocenters. The molecule has 8 heteroatoms. The van der Waals surface area contributed by atoms with Gasteiger partial charge in [0.15, 0.2) is 0 Å². The van der Waals surface area contributed by atoms with Gasteiger partial charge in [-0.1, -0.05) is 12.1 Å². The molecule has 3 fully saturated rings. The summed E-state index contributed by atoms with van der Waals surface area (Å²) in [5.74, 6) is 0.150. The molecule has 1 N–H and O–H groups in total. The molecule has 4 aliphatic heterocycles. The van der Waals surface area contributed by atoms with Crippen LogP contribution in [0.2, 0.25) is 0 Å². The number of methoxy groups -OCH3 is 1. The molecule has 0 aromatic heterocycles. The number of hydrogen-bond donors (Lipinski definition) is 1. The van der Waals surface area contributed by atoms with Gasteiger partial charge in [-0.2, -0.15) is 0 Å². The second-order valence-corrected chi connectivity index (χ2v) is 10.7. The molecule has 0 aliphatic carbocycles. The molecular formula is C28H32N4O4. The van der Waals surface area contributed by atoms with Crippen LogP contribution >= 0.6 is 0 Å². The lowest BCUT2D eigenvalue weighted by Crippen LogP contribution is -2.60. The molecule has 8 nitrogen and oxygen atoms in total. The molecule has 2 aromatic carbocycles. The third kappa shape index (κ3) is 4.13. The summed E-state index contributed by atoms with van der Waals surface area (Å²) in [5, 5.41) is 2.37. The summed E-state index contributed by atoms with van der Waals surface area (Å²) in [6.45, 7) is 5.72. The predicted molar refractivity (Wildman–Crippen MR) is 135 cm³/mol. The highest BCUT2D eigenvalue weighted by molar-refractivity contribution is 6.05. The number of anilines is 1. The number of piperidine rings is 2. The van der Waals surface area contributed by atoms with Crippen LogP contribution in [0.1, 0.15) is 47.2 Å². The summed E-state index contributed by atoms with van der Waals surface area (Å²) in [7, 11) is 1.69. The first-order valence-corrected chi connectivity index (χ1v) is 12.8. The van der Waals surface area contributed by atoms with E-state index >= 15 is 0 Å². The number of hydrogen-bond acceptors (Lipinski definition) is 6. The predicted octanol–water partition coefficient (Wildman–Crippen LogP) is 2.56. The zero-order valence-corrected chi connectivity index (χ0v) is 20.7. The van der Waals surface area contributed by atoms with Crippen molar-refractivity contribution in [3.63, 3.8) is 0 Å². The minimum absolute atomic E-state index is 0.115. The maximum Gasteiger partial charge on any atom is 0.255 e. The number of carbonyl (C=O) groups excluding carboxylic acids is 3. The number of ether oxygens (including phenoxy) is 1. The van der Waals surface area contributed by atoms with Crippen LogP contribution in [0.4, 0.5) is 5.69 Å². The van der Waals surface area contributed by atoms with E-state index in [0.29, 0.717) is 23.9 Å². The van der Waals surface area contributed by atoms with E-state index in [1.54, 1.807) is 12.0 Å². The first-order valence-electron chi connectivity index (χ1n) is 12.8. The summed E-state index contributed by atoms with van der Waals surface area (Å²) >= 11 is 0. The van der Waals surface area contributed by atoms with Crippen LogP contribution in [0.5, 0.6) is 5.75 Å². The van der Waals surface area contributed by atoms with Crippen molar-refractivity contribution in [1.82, 2.24) is 15.1 Å². The van der Waals surface area contributed by atoms with Crippen LogP contribution < -0.4 is 15.0 Å². The summed E-state index contributed by atoms with van der Waals surface area (Å²) < 4.78 is 5.26. The van der Waals surface area contributed by atoms with Crippen LogP contribution in [-0.4, -0.2) is 66.9 Å². The molecule has 3 amide bonds. The average molecular weight is 489 g/mol. The van der Waals surface area contributed by atoms with Gasteiger partial charge in [0.1, 0.15) is 11.8 Å². The van der Waals surface area contributed by atoms with E-state index in [1.807, 2.05) is 24.3 Å². The van der Waals surface area contributed by atoms with Crippen LogP contribution in [0.25, 0.3) is 0 Å². The minimum atomic E-state index is -0.568. The molecule has 4 heterocycles. The van der Waals surface area contributed by atoms with Gasteiger partial charge in [0, 0.05) is 49.3 Å². The van der Waals surface area contributed by atoms with Crippen molar-refractivity contribution in [3.05, 3.63) is 59.2 Å². The maximum atomic E-state index is 13.0. The highest BCUT2D eigenvalue weighted by Crippen LogP contribution is 2.43. The number of amides is 3. The molecule has 0 bridgehead atoms. The lowest BCUT2D eigenvalue weighted by molar-refractivity contribution is -0.136. The average Bonchev–Trinajstić information content (AvgIpc) is 3.19. The molecular weight excluding hydrogens is 456 g/mol. The number of likely N-dealkylation sites (tertiary alicyclic amines) is 1. The molecule has 1 atom stereocenters. The van der Waals surface area contributed by atoms with E-state index in [2.05, 4.69) is 33.3 Å². The molecule has 3 saturated heterocycles. The van der Waals surface area contributed by atoms with Gasteiger partial charge < -0.3 is 14.5 Å². The minimum Gasteiger partial charge on any atom is -0.497 e. The van der Waals surface area contributed by atoms with Gasteiger partial charge in [-0.25, -0.2) is 0 Å². The summed E-state index contributed by atoms with van der Waals surface area (Å²) in [5.41, 5.74) is 4.49. The smallest absolute Gasteiger partial charge is 0.255 e. The Morgan fingerprint density at radius 1 is 1.03 bits per heavy atom. The molecule has 36 heavy (non-hydrogen) atoms. The monoisotopic (exact) mass is 488 g/mol. The quantitative estimate of drug-likeness (QED) is 0.652. The number of fused-ring (bicyclic) bond motifs is 1. The first-order chi connectivity index (χ1) is 17.4. The maximum absolute atomic E-state index is 13.0. The largest absolute Gasteiger partial charge is 0.497 e. The fraction of sp³-hybridized carbons (Fsp3) is 0.464. The van der Waals surface area contributed by atoms with E-state index < -0.39 is 6.04 Å². The van der Waals surface area contributed by atoms with Gasteiger partial charge in [0.05, 0.1) is 7.11 Å². The SMILES string of the molecule is COc1ccc(CN2CCC3(CC2)CN(c2ccc4c(c2)CN(C2CCC(=O)NC2=O)C4=O)C3)cc1. The lowest BCUT2D eigenvalue weighted by atomic mass is 9.71. The number of carbonyl (C=O) groups is 3. The highest BCUT2D eigenvalue weighted by Gasteiger charge is 2.45. The molecule has 188 valence electrons. The van der Waals surface area contributed by atoms with E-state index in [-0.39, 0.29) is 24.1 Å². The fourth-order valence-corrected chi connectivity index (χ4v) is 6.19. The second-order valence-electron chi connectivity index (χ2n) is 10.7. The van der Waals surface area contributed by atoms with Crippen molar-refractivity contribution >= 4 is 23.4 Å². The zero-order chi connectivity index (χ0) is 24.9. The van der Waals surface area contributed by atoms with E-state index in [0.717, 1.165) is 49.7 Å². The van der Waals surface area contributed by atoms with Crippen molar-refractivity contribution in [2.75, 3.05) is 38.2 Å². The molecule has 0 radical (unpaired) electrons. The van der Waals surface area contributed by atoms with Gasteiger partial charge >= 0.3 is 0 Å². The molecule has 4 aliphatic rings. The first kappa shape index (κ1) is 23.0. The van der Waals surface area contributed by atoms with Crippen molar-refractivity contribution in [1.29, 1.82) is 0 Å².